The highest BCUT2D eigenvalue weighted by Gasteiger charge is 2.32. The fourth-order valence-electron chi connectivity index (χ4n) is 2.44. The predicted octanol–water partition coefficient (Wildman–Crippen LogP) is 2.54. The molecule has 0 fully saturated rings. The first-order valence-electron chi connectivity index (χ1n) is 6.12. The van der Waals surface area contributed by atoms with Crippen molar-refractivity contribution in [3.05, 3.63) is 41.5 Å². The molecule has 19 heavy (non-hydrogen) atoms. The van der Waals surface area contributed by atoms with Gasteiger partial charge in [0.15, 0.2) is 0 Å². The minimum Gasteiger partial charge on any atom is -0.508 e. The molecule has 0 aliphatic carbocycles. The summed E-state index contributed by atoms with van der Waals surface area (Å²) in [6.45, 7) is 3.95. The monoisotopic (exact) mass is 259 g/mol. The predicted molar refractivity (Wildman–Crippen MR) is 71.9 cm³/mol. The van der Waals surface area contributed by atoms with E-state index in [2.05, 4.69) is 9.98 Å². The summed E-state index contributed by atoms with van der Waals surface area (Å²) in [7, 11) is 0. The number of aromatic hydroxyl groups is 1. The van der Waals surface area contributed by atoms with E-state index in [0.29, 0.717) is 12.1 Å². The van der Waals surface area contributed by atoms with Crippen molar-refractivity contribution in [2.45, 2.75) is 19.9 Å². The highest BCUT2D eigenvalue weighted by molar-refractivity contribution is 6.41. The second-order valence-electron chi connectivity index (χ2n) is 4.71. The van der Waals surface area contributed by atoms with Gasteiger partial charge in [0, 0.05) is 23.5 Å². The number of phenols is 1. The Morgan fingerprint density at radius 2 is 2.16 bits per heavy atom. The van der Waals surface area contributed by atoms with Crippen LogP contribution < -0.4 is 0 Å². The van der Waals surface area contributed by atoms with Crippen LogP contribution in [0.3, 0.4) is 0 Å². The molecule has 1 atom stereocenters. The lowest BCUT2D eigenvalue weighted by Crippen LogP contribution is -2.32. The van der Waals surface area contributed by atoms with Crippen molar-refractivity contribution in [3.8, 4) is 5.75 Å². The lowest BCUT2D eigenvalue weighted by molar-refractivity contribution is 0.426. The van der Waals surface area contributed by atoms with Crippen LogP contribution in [0.15, 0.2) is 34.5 Å². The van der Waals surface area contributed by atoms with Crippen LogP contribution in [-0.4, -0.2) is 28.1 Å². The number of hydrogen-bond acceptors (Lipinski definition) is 4. The molecule has 98 valence electrons. The second kappa shape index (κ2) is 4.19. The fraction of sp³-hybridized carbons (Fsp3) is 0.286. The largest absolute Gasteiger partial charge is 0.508 e. The van der Waals surface area contributed by atoms with Gasteiger partial charge in [0.2, 0.25) is 0 Å². The maximum absolute atomic E-state index is 14.3. The van der Waals surface area contributed by atoms with Gasteiger partial charge in [-0.1, -0.05) is 6.07 Å². The summed E-state index contributed by atoms with van der Waals surface area (Å²) in [5, 5.41) is 9.53. The highest BCUT2D eigenvalue weighted by Crippen LogP contribution is 2.33. The van der Waals surface area contributed by atoms with Gasteiger partial charge in [0.25, 0.3) is 0 Å². The number of hydrogen-bond donors (Lipinski definition) is 1. The molecule has 0 saturated heterocycles. The molecule has 1 aromatic carbocycles. The normalized spacial score (nSPS) is 21.2. The maximum atomic E-state index is 14.3. The second-order valence-corrected chi connectivity index (χ2v) is 4.71. The first kappa shape index (κ1) is 11.9. The Labute approximate surface area is 110 Å². The van der Waals surface area contributed by atoms with Crippen LogP contribution in [-0.2, 0) is 0 Å². The standard InChI is InChI=1S/C14H14FN3O/c1-8-12(19)4-3-10(13(8)15)11-7-17-14-9(2)16-5-6-18(11)14/h3-6,11,19H,7H2,1-2H3. The van der Waals surface area contributed by atoms with Crippen molar-refractivity contribution in [1.29, 1.82) is 0 Å². The average Bonchev–Trinajstić information content (AvgIpc) is 2.82. The quantitative estimate of drug-likeness (QED) is 0.842. The van der Waals surface area contributed by atoms with Crippen LogP contribution >= 0.6 is 0 Å². The molecule has 5 heteroatoms. The number of amidine groups is 1. The number of phenolic OH excluding ortho intramolecular Hbond substituents is 1. The van der Waals surface area contributed by atoms with Gasteiger partial charge < -0.3 is 10.0 Å². The van der Waals surface area contributed by atoms with Crippen molar-refractivity contribution >= 4 is 11.5 Å². The maximum Gasteiger partial charge on any atom is 0.150 e. The smallest absolute Gasteiger partial charge is 0.150 e. The number of aliphatic imine (C=N–C) groups is 2. The van der Waals surface area contributed by atoms with Crippen LogP contribution in [0.1, 0.15) is 24.1 Å². The van der Waals surface area contributed by atoms with E-state index in [1.54, 1.807) is 19.2 Å². The third kappa shape index (κ3) is 1.73. The molecule has 1 unspecified atom stereocenters. The lowest BCUT2D eigenvalue weighted by atomic mass is 10.0. The highest BCUT2D eigenvalue weighted by atomic mass is 19.1. The van der Waals surface area contributed by atoms with Gasteiger partial charge in [0.05, 0.1) is 18.3 Å². The van der Waals surface area contributed by atoms with Crippen molar-refractivity contribution in [2.24, 2.45) is 9.98 Å². The van der Waals surface area contributed by atoms with E-state index >= 15 is 0 Å². The molecule has 0 saturated carbocycles. The summed E-state index contributed by atoms with van der Waals surface area (Å²) in [6, 6.07) is 2.98. The van der Waals surface area contributed by atoms with E-state index in [9.17, 15) is 9.50 Å². The van der Waals surface area contributed by atoms with Gasteiger partial charge in [0.1, 0.15) is 17.4 Å². The number of rotatable bonds is 1. The molecule has 1 N–H and O–H groups in total. The van der Waals surface area contributed by atoms with Gasteiger partial charge in [-0.15, -0.1) is 0 Å². The summed E-state index contributed by atoms with van der Waals surface area (Å²) >= 11 is 0. The third-order valence-electron chi connectivity index (χ3n) is 3.56. The molecule has 0 aromatic heterocycles. The van der Waals surface area contributed by atoms with Gasteiger partial charge in [-0.2, -0.15) is 0 Å². The molecule has 0 spiro atoms. The van der Waals surface area contributed by atoms with Crippen molar-refractivity contribution in [1.82, 2.24) is 4.90 Å². The van der Waals surface area contributed by atoms with Crippen LogP contribution in [0.5, 0.6) is 5.75 Å². The zero-order chi connectivity index (χ0) is 13.6. The van der Waals surface area contributed by atoms with Gasteiger partial charge in [-0.25, -0.2) is 4.39 Å². The van der Waals surface area contributed by atoms with Gasteiger partial charge >= 0.3 is 0 Å². The third-order valence-corrected chi connectivity index (χ3v) is 3.56. The SMILES string of the molecule is CC1=NC=CN2C1=NCC2c1ccc(O)c(C)c1F. The molecule has 2 aliphatic heterocycles. The Morgan fingerprint density at radius 3 is 2.95 bits per heavy atom. The lowest BCUT2D eigenvalue weighted by Gasteiger charge is -2.26. The summed E-state index contributed by atoms with van der Waals surface area (Å²) in [5.74, 6) is 0.403. The minimum atomic E-state index is -0.366. The summed E-state index contributed by atoms with van der Waals surface area (Å²) < 4.78 is 14.3. The van der Waals surface area contributed by atoms with Crippen molar-refractivity contribution in [3.63, 3.8) is 0 Å². The molecule has 2 heterocycles. The topological polar surface area (TPSA) is 48.2 Å². The molecular formula is C14H14FN3O. The molecule has 1 aromatic rings. The first-order chi connectivity index (χ1) is 9.09. The van der Waals surface area contributed by atoms with Gasteiger partial charge in [-0.05, 0) is 19.9 Å². The first-order valence-corrected chi connectivity index (χ1v) is 6.12. The Balaban J connectivity index is 2.01. The molecule has 4 nitrogen and oxygen atoms in total. The van der Waals surface area contributed by atoms with Crippen molar-refractivity contribution in [2.75, 3.05) is 6.54 Å². The Morgan fingerprint density at radius 1 is 1.37 bits per heavy atom. The molecular weight excluding hydrogens is 245 g/mol. The molecule has 0 radical (unpaired) electrons. The fourth-order valence-corrected chi connectivity index (χ4v) is 2.44. The van der Waals surface area contributed by atoms with E-state index in [1.807, 2.05) is 18.0 Å². The average molecular weight is 259 g/mol. The van der Waals surface area contributed by atoms with E-state index in [4.69, 9.17) is 0 Å². The van der Waals surface area contributed by atoms with E-state index in [0.717, 1.165) is 11.5 Å². The van der Waals surface area contributed by atoms with E-state index in [1.165, 1.54) is 6.07 Å². The van der Waals surface area contributed by atoms with Gasteiger partial charge in [-0.3, -0.25) is 9.98 Å². The molecule has 3 rings (SSSR count). The minimum absolute atomic E-state index is 0.0210. The van der Waals surface area contributed by atoms with Crippen LogP contribution in [0, 0.1) is 12.7 Å². The number of benzene rings is 1. The Bertz CT molecular complexity index is 634. The van der Waals surface area contributed by atoms with E-state index in [-0.39, 0.29) is 23.2 Å². The van der Waals surface area contributed by atoms with Crippen LogP contribution in [0.25, 0.3) is 0 Å². The number of halogens is 1. The Hall–Kier alpha value is -2.17. The number of nitrogens with zero attached hydrogens (tertiary/aromatic N) is 3. The molecule has 2 aliphatic rings. The zero-order valence-electron chi connectivity index (χ0n) is 10.8. The number of fused-ring (bicyclic) bond motifs is 1. The van der Waals surface area contributed by atoms with E-state index < -0.39 is 0 Å². The molecule has 0 bridgehead atoms. The summed E-state index contributed by atoms with van der Waals surface area (Å²) in [6.07, 6.45) is 3.50. The molecule has 0 amide bonds. The Kier molecular flexibility index (Phi) is 2.62. The van der Waals surface area contributed by atoms with Crippen LogP contribution in [0.4, 0.5) is 4.39 Å². The summed E-state index contributed by atoms with van der Waals surface area (Å²) in [5.41, 5.74) is 1.66. The summed E-state index contributed by atoms with van der Waals surface area (Å²) in [4.78, 5) is 10.5. The zero-order valence-corrected chi connectivity index (χ0v) is 10.8. The van der Waals surface area contributed by atoms with Crippen LogP contribution in [0.2, 0.25) is 0 Å². The van der Waals surface area contributed by atoms with Crippen molar-refractivity contribution < 1.29 is 9.50 Å².